The molecule has 0 aliphatic carbocycles. The number of pyridine rings is 1. The van der Waals surface area contributed by atoms with Gasteiger partial charge in [0.15, 0.2) is 0 Å². The van der Waals surface area contributed by atoms with Crippen LogP contribution in [0.2, 0.25) is 0 Å². The number of aromatic nitrogens is 3. The molecule has 0 bridgehead atoms. The molecular formula is C15H14N4O2. The van der Waals surface area contributed by atoms with E-state index in [1.54, 1.807) is 18.6 Å². The van der Waals surface area contributed by atoms with Crippen LogP contribution in [-0.4, -0.2) is 27.0 Å². The Labute approximate surface area is 120 Å². The highest BCUT2D eigenvalue weighted by molar-refractivity contribution is 6.05. The minimum Gasteiger partial charge on any atom is -0.350 e. The summed E-state index contributed by atoms with van der Waals surface area (Å²) in [5.41, 5.74) is 0.762. The summed E-state index contributed by atoms with van der Waals surface area (Å²) in [6.45, 7) is 1.10. The number of hydrogen-bond acceptors (Lipinski definition) is 3. The Balaban J connectivity index is 1.79. The molecule has 2 heterocycles. The number of carbonyl (C=O) groups excluding carboxylic acids is 1. The van der Waals surface area contributed by atoms with Crippen molar-refractivity contribution in [1.29, 1.82) is 0 Å². The van der Waals surface area contributed by atoms with E-state index in [1.807, 2.05) is 29.0 Å². The van der Waals surface area contributed by atoms with Crippen LogP contribution in [0.4, 0.5) is 0 Å². The molecule has 0 saturated heterocycles. The summed E-state index contributed by atoms with van der Waals surface area (Å²) >= 11 is 0. The Hall–Kier alpha value is -2.89. The lowest BCUT2D eigenvalue weighted by molar-refractivity contribution is 0.0954. The lowest BCUT2D eigenvalue weighted by Crippen LogP contribution is -2.28. The smallest absolute Gasteiger partial charge is 0.252 e. The maximum absolute atomic E-state index is 12.3. The van der Waals surface area contributed by atoms with Gasteiger partial charge in [-0.25, -0.2) is 4.98 Å². The SMILES string of the molecule is O=C(NCCn1ccnc1)c1cc(=O)[nH]c2ccccc12. The second-order valence-electron chi connectivity index (χ2n) is 4.65. The Morgan fingerprint density at radius 1 is 1.33 bits per heavy atom. The van der Waals surface area contributed by atoms with Gasteiger partial charge >= 0.3 is 0 Å². The highest BCUT2D eigenvalue weighted by Gasteiger charge is 2.10. The van der Waals surface area contributed by atoms with Gasteiger partial charge in [0.1, 0.15) is 0 Å². The third kappa shape index (κ3) is 2.84. The number of benzene rings is 1. The number of para-hydroxylation sites is 1. The maximum Gasteiger partial charge on any atom is 0.252 e. The van der Waals surface area contributed by atoms with E-state index in [2.05, 4.69) is 15.3 Å². The Bertz CT molecular complexity index is 821. The van der Waals surface area contributed by atoms with Gasteiger partial charge in [0.25, 0.3) is 5.91 Å². The van der Waals surface area contributed by atoms with E-state index < -0.39 is 0 Å². The van der Waals surface area contributed by atoms with Crippen molar-refractivity contribution < 1.29 is 4.79 Å². The summed E-state index contributed by atoms with van der Waals surface area (Å²) < 4.78 is 1.87. The first-order valence-corrected chi connectivity index (χ1v) is 6.60. The monoisotopic (exact) mass is 282 g/mol. The van der Waals surface area contributed by atoms with E-state index in [9.17, 15) is 9.59 Å². The predicted octanol–water partition coefficient (Wildman–Crippen LogP) is 1.15. The molecule has 0 spiro atoms. The second-order valence-corrected chi connectivity index (χ2v) is 4.65. The summed E-state index contributed by atoms with van der Waals surface area (Å²) in [4.78, 5) is 30.5. The van der Waals surface area contributed by atoms with Gasteiger partial charge in [-0.2, -0.15) is 0 Å². The van der Waals surface area contributed by atoms with Gasteiger partial charge in [0.2, 0.25) is 5.56 Å². The van der Waals surface area contributed by atoms with Crippen LogP contribution in [0.1, 0.15) is 10.4 Å². The number of rotatable bonds is 4. The number of hydrogen-bond donors (Lipinski definition) is 2. The Kier molecular flexibility index (Phi) is 3.51. The quantitative estimate of drug-likeness (QED) is 0.753. The number of nitrogens with zero attached hydrogens (tertiary/aromatic N) is 2. The standard InChI is InChI=1S/C15H14N4O2/c20-14-9-12(11-3-1-2-4-13(11)18-14)15(21)17-6-8-19-7-5-16-10-19/h1-5,7,9-10H,6,8H2,(H,17,21)(H,18,20). The second kappa shape index (κ2) is 5.62. The topological polar surface area (TPSA) is 79.8 Å². The third-order valence-corrected chi connectivity index (χ3v) is 3.21. The third-order valence-electron chi connectivity index (χ3n) is 3.21. The van der Waals surface area contributed by atoms with E-state index in [1.165, 1.54) is 6.07 Å². The van der Waals surface area contributed by atoms with Crippen molar-refractivity contribution in [2.45, 2.75) is 6.54 Å². The van der Waals surface area contributed by atoms with Crippen molar-refractivity contribution in [3.8, 4) is 0 Å². The fourth-order valence-corrected chi connectivity index (χ4v) is 2.21. The zero-order valence-electron chi connectivity index (χ0n) is 11.2. The first kappa shape index (κ1) is 13.1. The van der Waals surface area contributed by atoms with Crippen LogP contribution in [0.3, 0.4) is 0 Å². The van der Waals surface area contributed by atoms with Crippen molar-refractivity contribution in [1.82, 2.24) is 19.9 Å². The Morgan fingerprint density at radius 2 is 2.19 bits per heavy atom. The van der Waals surface area contributed by atoms with E-state index >= 15 is 0 Å². The lowest BCUT2D eigenvalue weighted by Gasteiger charge is -2.08. The van der Waals surface area contributed by atoms with Gasteiger partial charge in [-0.3, -0.25) is 9.59 Å². The molecule has 1 amide bonds. The molecule has 21 heavy (non-hydrogen) atoms. The largest absolute Gasteiger partial charge is 0.350 e. The van der Waals surface area contributed by atoms with E-state index in [0.29, 0.717) is 24.2 Å². The van der Waals surface area contributed by atoms with Crippen LogP contribution >= 0.6 is 0 Å². The minimum atomic E-state index is -0.284. The number of carbonyl (C=O) groups is 1. The molecule has 3 aromatic rings. The zero-order valence-corrected chi connectivity index (χ0v) is 11.2. The van der Waals surface area contributed by atoms with Crippen LogP contribution in [0.5, 0.6) is 0 Å². The predicted molar refractivity (Wildman–Crippen MR) is 79.1 cm³/mol. The molecule has 2 aromatic heterocycles. The summed E-state index contributed by atoms with van der Waals surface area (Å²) in [7, 11) is 0. The van der Waals surface area contributed by atoms with Gasteiger partial charge in [0.05, 0.1) is 11.9 Å². The number of imidazole rings is 1. The van der Waals surface area contributed by atoms with E-state index in [0.717, 1.165) is 5.39 Å². The maximum atomic E-state index is 12.3. The van der Waals surface area contributed by atoms with Crippen LogP contribution < -0.4 is 10.9 Å². The molecule has 3 rings (SSSR count). The molecule has 0 fully saturated rings. The van der Waals surface area contributed by atoms with Crippen LogP contribution in [0, 0.1) is 0 Å². The highest BCUT2D eigenvalue weighted by Crippen LogP contribution is 2.14. The average molecular weight is 282 g/mol. The molecule has 0 aliphatic heterocycles. The number of amides is 1. The zero-order chi connectivity index (χ0) is 14.7. The van der Waals surface area contributed by atoms with Crippen molar-refractivity contribution in [3.63, 3.8) is 0 Å². The summed E-state index contributed by atoms with van der Waals surface area (Å²) in [5.74, 6) is -0.252. The molecule has 1 aromatic carbocycles. The normalized spacial score (nSPS) is 10.7. The molecule has 0 atom stereocenters. The van der Waals surface area contributed by atoms with Crippen LogP contribution in [0.15, 0.2) is 53.8 Å². The number of H-pyrrole nitrogens is 1. The van der Waals surface area contributed by atoms with E-state index in [4.69, 9.17) is 0 Å². The molecule has 0 radical (unpaired) electrons. The van der Waals surface area contributed by atoms with Gasteiger partial charge in [-0.1, -0.05) is 18.2 Å². The molecule has 6 nitrogen and oxygen atoms in total. The molecule has 2 N–H and O–H groups in total. The number of nitrogens with one attached hydrogen (secondary N) is 2. The van der Waals surface area contributed by atoms with Gasteiger partial charge < -0.3 is 14.9 Å². The average Bonchev–Trinajstić information content (AvgIpc) is 2.99. The van der Waals surface area contributed by atoms with Crippen molar-refractivity contribution in [2.24, 2.45) is 0 Å². The van der Waals surface area contributed by atoms with Gasteiger partial charge in [-0.15, -0.1) is 0 Å². The van der Waals surface area contributed by atoms with Gasteiger partial charge in [0, 0.05) is 42.5 Å². The fourth-order valence-electron chi connectivity index (χ4n) is 2.21. The molecular weight excluding hydrogens is 268 g/mol. The van der Waals surface area contributed by atoms with Gasteiger partial charge in [-0.05, 0) is 6.07 Å². The van der Waals surface area contributed by atoms with E-state index in [-0.39, 0.29) is 11.5 Å². The number of aromatic amines is 1. The summed E-state index contributed by atoms with van der Waals surface area (Å²) in [6.07, 6.45) is 5.20. The van der Waals surface area contributed by atoms with Crippen molar-refractivity contribution in [2.75, 3.05) is 6.54 Å². The number of fused-ring (bicyclic) bond motifs is 1. The van der Waals surface area contributed by atoms with Crippen LogP contribution in [-0.2, 0) is 6.54 Å². The van der Waals surface area contributed by atoms with Crippen LogP contribution in [0.25, 0.3) is 10.9 Å². The molecule has 0 unspecified atom stereocenters. The lowest BCUT2D eigenvalue weighted by atomic mass is 10.1. The Morgan fingerprint density at radius 3 is 3.00 bits per heavy atom. The highest BCUT2D eigenvalue weighted by atomic mass is 16.2. The molecule has 0 aliphatic rings. The molecule has 106 valence electrons. The van der Waals surface area contributed by atoms with Crippen molar-refractivity contribution >= 4 is 16.8 Å². The fraction of sp³-hybridized carbons (Fsp3) is 0.133. The minimum absolute atomic E-state index is 0.252. The molecule has 6 heteroatoms. The summed E-state index contributed by atoms with van der Waals surface area (Å²) in [5, 5.41) is 3.55. The molecule has 0 saturated carbocycles. The van der Waals surface area contributed by atoms with Crippen molar-refractivity contribution in [3.05, 3.63) is 65.0 Å². The first-order chi connectivity index (χ1) is 10.2. The first-order valence-electron chi connectivity index (χ1n) is 6.60. The summed E-state index contributed by atoms with van der Waals surface area (Å²) in [6, 6.07) is 8.58.